The summed E-state index contributed by atoms with van der Waals surface area (Å²) in [5.74, 6) is -0.528. The molecule has 0 unspecified atom stereocenters. The average molecular weight is 430 g/mol. The highest BCUT2D eigenvalue weighted by Gasteiger charge is 2.20. The summed E-state index contributed by atoms with van der Waals surface area (Å²) in [5, 5.41) is 3.16. The Balaban J connectivity index is 2.86. The Hall–Kier alpha value is -0.720. The SMILES string of the molecule is CCOC(=O)CN(CC(=O)Nc1c(Cl)c(Cl)cc(Cl)c1Cl)CC(C)C. The van der Waals surface area contributed by atoms with E-state index in [1.807, 2.05) is 13.8 Å². The predicted molar refractivity (Wildman–Crippen MR) is 103 cm³/mol. The van der Waals surface area contributed by atoms with E-state index in [2.05, 4.69) is 5.32 Å². The molecule has 1 N–H and O–H groups in total. The lowest BCUT2D eigenvalue weighted by molar-refractivity contribution is -0.144. The van der Waals surface area contributed by atoms with E-state index in [0.717, 1.165) is 0 Å². The minimum atomic E-state index is -0.396. The average Bonchev–Trinajstić information content (AvgIpc) is 2.49. The summed E-state index contributed by atoms with van der Waals surface area (Å²) in [6, 6.07) is 1.40. The maximum atomic E-state index is 12.4. The molecule has 1 rings (SSSR count). The van der Waals surface area contributed by atoms with Crippen LogP contribution in [0.15, 0.2) is 6.07 Å². The van der Waals surface area contributed by atoms with Gasteiger partial charge in [0.25, 0.3) is 0 Å². The van der Waals surface area contributed by atoms with Crippen LogP contribution in [0.4, 0.5) is 5.69 Å². The van der Waals surface area contributed by atoms with Gasteiger partial charge in [-0.1, -0.05) is 60.3 Å². The Morgan fingerprint density at radius 3 is 2.16 bits per heavy atom. The number of rotatable bonds is 8. The van der Waals surface area contributed by atoms with Gasteiger partial charge < -0.3 is 10.1 Å². The number of hydrogen-bond donors (Lipinski definition) is 1. The van der Waals surface area contributed by atoms with Crippen LogP contribution in [-0.2, 0) is 14.3 Å². The first-order valence-electron chi connectivity index (χ1n) is 7.66. The highest BCUT2D eigenvalue weighted by molar-refractivity contribution is 6.50. The van der Waals surface area contributed by atoms with E-state index in [1.54, 1.807) is 11.8 Å². The zero-order valence-electron chi connectivity index (χ0n) is 14.2. The molecule has 5 nitrogen and oxygen atoms in total. The van der Waals surface area contributed by atoms with Gasteiger partial charge in [0.05, 0.1) is 45.5 Å². The van der Waals surface area contributed by atoms with Crippen LogP contribution >= 0.6 is 46.4 Å². The number of ether oxygens (including phenoxy) is 1. The first-order valence-corrected chi connectivity index (χ1v) is 9.17. The number of benzene rings is 1. The van der Waals surface area contributed by atoms with E-state index >= 15 is 0 Å². The molecule has 140 valence electrons. The second-order valence-corrected chi connectivity index (χ2v) is 7.33. The van der Waals surface area contributed by atoms with Crippen LogP contribution in [0.2, 0.25) is 20.1 Å². The lowest BCUT2D eigenvalue weighted by atomic mass is 10.2. The summed E-state index contributed by atoms with van der Waals surface area (Å²) >= 11 is 24.1. The lowest BCUT2D eigenvalue weighted by Crippen LogP contribution is -2.39. The molecule has 9 heteroatoms. The van der Waals surface area contributed by atoms with E-state index < -0.39 is 11.9 Å². The molecule has 1 amide bonds. The molecule has 0 heterocycles. The van der Waals surface area contributed by atoms with Crippen molar-refractivity contribution < 1.29 is 14.3 Å². The Labute approximate surface area is 167 Å². The van der Waals surface area contributed by atoms with E-state index in [1.165, 1.54) is 6.07 Å². The smallest absolute Gasteiger partial charge is 0.320 e. The third-order valence-corrected chi connectivity index (χ3v) is 4.60. The fraction of sp³-hybridized carbons (Fsp3) is 0.500. The number of nitrogens with zero attached hydrogens (tertiary/aromatic N) is 1. The summed E-state index contributed by atoms with van der Waals surface area (Å²) in [5.41, 5.74) is 0.145. The number of halogens is 4. The molecular formula is C16H20Cl4N2O3. The van der Waals surface area contributed by atoms with Gasteiger partial charge in [-0.25, -0.2) is 0 Å². The van der Waals surface area contributed by atoms with Crippen LogP contribution in [0.1, 0.15) is 20.8 Å². The van der Waals surface area contributed by atoms with Gasteiger partial charge in [-0.2, -0.15) is 0 Å². The van der Waals surface area contributed by atoms with Crippen LogP contribution in [-0.4, -0.2) is 43.0 Å². The van der Waals surface area contributed by atoms with Crippen molar-refractivity contribution in [3.05, 3.63) is 26.2 Å². The molecule has 0 saturated heterocycles. The van der Waals surface area contributed by atoms with Crippen LogP contribution < -0.4 is 5.32 Å². The normalized spacial score (nSPS) is 11.1. The second kappa shape index (κ2) is 10.4. The number of esters is 1. The molecule has 0 aromatic heterocycles. The number of anilines is 1. The molecule has 25 heavy (non-hydrogen) atoms. The van der Waals surface area contributed by atoms with Crippen molar-refractivity contribution in [3.63, 3.8) is 0 Å². The summed E-state index contributed by atoms with van der Waals surface area (Å²) in [7, 11) is 0. The van der Waals surface area contributed by atoms with Crippen molar-refractivity contribution >= 4 is 64.0 Å². The molecule has 0 fully saturated rings. The van der Waals surface area contributed by atoms with Gasteiger partial charge in [0, 0.05) is 6.54 Å². The molecule has 0 aliphatic rings. The standard InChI is InChI=1S/C16H20Cl4N2O3/c1-4-25-13(24)8-22(6-9(2)3)7-12(23)21-16-14(19)10(17)5-11(18)15(16)20/h5,9H,4,6-8H2,1-3H3,(H,21,23). The molecule has 0 aliphatic heterocycles. The van der Waals surface area contributed by atoms with E-state index in [0.29, 0.717) is 6.54 Å². The second-order valence-electron chi connectivity index (χ2n) is 5.76. The molecule has 1 aromatic rings. The summed E-state index contributed by atoms with van der Waals surface area (Å²) in [4.78, 5) is 25.7. The van der Waals surface area contributed by atoms with Crippen LogP contribution in [0, 0.1) is 5.92 Å². The first kappa shape index (κ1) is 22.3. The van der Waals surface area contributed by atoms with Crippen molar-refractivity contribution in [2.24, 2.45) is 5.92 Å². The van der Waals surface area contributed by atoms with Gasteiger partial charge in [-0.3, -0.25) is 14.5 Å². The zero-order valence-corrected chi connectivity index (χ0v) is 17.2. The predicted octanol–water partition coefficient (Wildman–Crippen LogP) is 4.76. The Kier molecular flexibility index (Phi) is 9.32. The first-order chi connectivity index (χ1) is 11.6. The summed E-state index contributed by atoms with van der Waals surface area (Å²) in [6.07, 6.45) is 0. The fourth-order valence-corrected chi connectivity index (χ4v) is 3.06. The number of nitrogens with one attached hydrogen (secondary N) is 1. The van der Waals surface area contributed by atoms with Crippen LogP contribution in [0.3, 0.4) is 0 Å². The quantitative estimate of drug-likeness (QED) is 0.478. The van der Waals surface area contributed by atoms with Gasteiger partial charge in [-0.05, 0) is 18.9 Å². The van der Waals surface area contributed by atoms with Crippen molar-refractivity contribution in [3.8, 4) is 0 Å². The zero-order chi connectivity index (χ0) is 19.1. The van der Waals surface area contributed by atoms with Crippen molar-refractivity contribution in [2.45, 2.75) is 20.8 Å². The number of hydrogen-bond acceptors (Lipinski definition) is 4. The Morgan fingerprint density at radius 2 is 1.68 bits per heavy atom. The summed E-state index contributed by atoms with van der Waals surface area (Å²) in [6.45, 7) is 6.51. The van der Waals surface area contributed by atoms with Crippen LogP contribution in [0.25, 0.3) is 0 Å². The van der Waals surface area contributed by atoms with Gasteiger partial charge in [0.1, 0.15) is 0 Å². The molecular weight excluding hydrogens is 410 g/mol. The Bertz CT molecular complexity index is 612. The van der Waals surface area contributed by atoms with Gasteiger partial charge in [0.2, 0.25) is 5.91 Å². The highest BCUT2D eigenvalue weighted by atomic mass is 35.5. The highest BCUT2D eigenvalue weighted by Crippen LogP contribution is 2.40. The van der Waals surface area contributed by atoms with E-state index in [9.17, 15) is 9.59 Å². The molecule has 0 aliphatic carbocycles. The van der Waals surface area contributed by atoms with Gasteiger partial charge in [-0.15, -0.1) is 0 Å². The van der Waals surface area contributed by atoms with Crippen molar-refractivity contribution in [1.82, 2.24) is 4.90 Å². The largest absolute Gasteiger partial charge is 0.465 e. The van der Waals surface area contributed by atoms with Gasteiger partial charge >= 0.3 is 5.97 Å². The molecule has 0 spiro atoms. The van der Waals surface area contributed by atoms with Gasteiger partial charge in [0.15, 0.2) is 0 Å². The molecule has 0 bridgehead atoms. The molecule has 0 radical (unpaired) electrons. The molecule has 0 atom stereocenters. The fourth-order valence-electron chi connectivity index (χ4n) is 2.16. The monoisotopic (exact) mass is 428 g/mol. The minimum Gasteiger partial charge on any atom is -0.465 e. The van der Waals surface area contributed by atoms with Crippen LogP contribution in [0.5, 0.6) is 0 Å². The minimum absolute atomic E-state index is 0.0111. The third kappa shape index (κ3) is 7.19. The summed E-state index contributed by atoms with van der Waals surface area (Å²) < 4.78 is 4.93. The van der Waals surface area contributed by atoms with Crippen molar-refractivity contribution in [2.75, 3.05) is 31.6 Å². The van der Waals surface area contributed by atoms with Crippen molar-refractivity contribution in [1.29, 1.82) is 0 Å². The Morgan fingerprint density at radius 1 is 1.12 bits per heavy atom. The van der Waals surface area contributed by atoms with E-state index in [4.69, 9.17) is 51.1 Å². The topological polar surface area (TPSA) is 58.6 Å². The third-order valence-electron chi connectivity index (χ3n) is 3.02. The molecule has 1 aromatic carbocycles. The number of carbonyl (C=O) groups excluding carboxylic acids is 2. The number of carbonyl (C=O) groups is 2. The van der Waals surface area contributed by atoms with E-state index in [-0.39, 0.29) is 51.4 Å². The molecule has 0 saturated carbocycles. The maximum Gasteiger partial charge on any atom is 0.320 e. The lowest BCUT2D eigenvalue weighted by Gasteiger charge is -2.23. The number of amides is 1. The maximum absolute atomic E-state index is 12.4.